The monoisotopic (exact) mass is 468 g/mol. The van der Waals surface area contributed by atoms with Crippen LogP contribution in [0.2, 0.25) is 0 Å². The van der Waals surface area contributed by atoms with Crippen LogP contribution < -0.4 is 0 Å². The van der Waals surface area contributed by atoms with Crippen LogP contribution >= 0.6 is 0 Å². The van der Waals surface area contributed by atoms with Gasteiger partial charge in [-0.15, -0.1) is 0 Å². The topological polar surface area (TPSA) is 82.8 Å². The molecule has 1 aromatic heterocycles. The molecule has 34 heavy (non-hydrogen) atoms. The van der Waals surface area contributed by atoms with Crippen LogP contribution in [0.1, 0.15) is 85.3 Å². The van der Waals surface area contributed by atoms with Gasteiger partial charge in [0.1, 0.15) is 18.0 Å². The number of esters is 2. The van der Waals surface area contributed by atoms with Crippen molar-refractivity contribution in [3.63, 3.8) is 0 Å². The molecular formula is C28H36O6. The first-order valence-electron chi connectivity index (χ1n) is 12.5. The fourth-order valence-electron chi connectivity index (χ4n) is 8.65. The lowest BCUT2D eigenvalue weighted by Gasteiger charge is -2.68. The molecule has 0 spiro atoms. The molecule has 6 nitrogen and oxygen atoms in total. The van der Waals surface area contributed by atoms with Gasteiger partial charge in [-0.2, -0.15) is 0 Å². The van der Waals surface area contributed by atoms with Crippen molar-refractivity contribution >= 4 is 17.7 Å². The Balaban J connectivity index is 1.68. The van der Waals surface area contributed by atoms with E-state index in [4.69, 9.17) is 13.9 Å². The van der Waals surface area contributed by atoms with Crippen LogP contribution in [0.5, 0.6) is 0 Å². The number of furan rings is 1. The van der Waals surface area contributed by atoms with Crippen molar-refractivity contribution in [1.29, 1.82) is 0 Å². The first-order valence-corrected chi connectivity index (χ1v) is 12.5. The van der Waals surface area contributed by atoms with Crippen LogP contribution in [0.4, 0.5) is 0 Å². The zero-order chi connectivity index (χ0) is 24.7. The summed E-state index contributed by atoms with van der Waals surface area (Å²) in [5.74, 6) is -0.124. The molecule has 0 amide bonds. The third kappa shape index (κ3) is 2.96. The smallest absolute Gasteiger partial charge is 0.331 e. The van der Waals surface area contributed by atoms with Crippen LogP contribution in [0.3, 0.4) is 0 Å². The van der Waals surface area contributed by atoms with Gasteiger partial charge in [0.25, 0.3) is 0 Å². The summed E-state index contributed by atoms with van der Waals surface area (Å²) in [7, 11) is 0. The molecule has 1 aromatic rings. The second-order valence-corrected chi connectivity index (χ2v) is 12.3. The highest BCUT2D eigenvalue weighted by molar-refractivity contribution is 5.86. The summed E-state index contributed by atoms with van der Waals surface area (Å²) < 4.78 is 17.3. The minimum Gasteiger partial charge on any atom is -0.472 e. The van der Waals surface area contributed by atoms with Crippen molar-refractivity contribution in [2.75, 3.05) is 0 Å². The Bertz CT molecular complexity index is 1070. The van der Waals surface area contributed by atoms with E-state index in [1.54, 1.807) is 18.6 Å². The van der Waals surface area contributed by atoms with Gasteiger partial charge in [-0.3, -0.25) is 9.59 Å². The van der Waals surface area contributed by atoms with Crippen molar-refractivity contribution in [1.82, 2.24) is 0 Å². The third-order valence-electron chi connectivity index (χ3n) is 10.3. The molecule has 3 saturated carbocycles. The van der Waals surface area contributed by atoms with Gasteiger partial charge >= 0.3 is 11.9 Å². The molecule has 4 aliphatic rings. The Hall–Kier alpha value is -2.37. The average Bonchev–Trinajstić information content (AvgIpc) is 3.28. The summed E-state index contributed by atoms with van der Waals surface area (Å²) in [6, 6.07) is 1.86. The second-order valence-electron chi connectivity index (χ2n) is 12.3. The molecule has 2 heterocycles. The maximum absolute atomic E-state index is 13.0. The highest BCUT2D eigenvalue weighted by atomic mass is 16.6. The standard InChI is InChI=1S/C28H36O6/c1-16(29)33-22-13-19-25(2,3)21(30)8-11-26(19,4)18-7-10-27(5)20(28(18,22)6)14-23(31)34-24(27)17-9-12-32-15-17/h9,12,14-15,18-19,22,24H,7-8,10-11,13H2,1-6H3/t18-,19-,22-,24-,26+,27+,28+/m0/s1. The molecule has 7 atom stereocenters. The molecule has 0 radical (unpaired) electrons. The van der Waals surface area contributed by atoms with E-state index in [-0.39, 0.29) is 29.2 Å². The number of ketones is 1. The van der Waals surface area contributed by atoms with Crippen LogP contribution in [0, 0.1) is 33.5 Å². The maximum Gasteiger partial charge on any atom is 0.331 e. The summed E-state index contributed by atoms with van der Waals surface area (Å²) in [5, 5.41) is 0. The van der Waals surface area contributed by atoms with E-state index in [0.29, 0.717) is 18.6 Å². The fourth-order valence-corrected chi connectivity index (χ4v) is 8.65. The number of hydrogen-bond acceptors (Lipinski definition) is 6. The van der Waals surface area contributed by atoms with Crippen LogP contribution in [0.15, 0.2) is 34.7 Å². The number of carbonyl (C=O) groups excluding carboxylic acids is 3. The predicted molar refractivity (Wildman–Crippen MR) is 124 cm³/mol. The van der Waals surface area contributed by atoms with Gasteiger partial charge in [0.15, 0.2) is 0 Å². The fraction of sp³-hybridized carbons (Fsp3) is 0.679. The van der Waals surface area contributed by atoms with E-state index < -0.39 is 28.5 Å². The molecular weight excluding hydrogens is 432 g/mol. The van der Waals surface area contributed by atoms with Crippen molar-refractivity contribution in [2.24, 2.45) is 33.5 Å². The zero-order valence-corrected chi connectivity index (χ0v) is 21.1. The van der Waals surface area contributed by atoms with E-state index in [1.807, 2.05) is 6.07 Å². The predicted octanol–water partition coefficient (Wildman–Crippen LogP) is 5.57. The number of fused-ring (bicyclic) bond motifs is 5. The largest absolute Gasteiger partial charge is 0.472 e. The van der Waals surface area contributed by atoms with Gasteiger partial charge in [-0.1, -0.05) is 34.6 Å². The minimum atomic E-state index is -0.540. The quantitative estimate of drug-likeness (QED) is 0.528. The summed E-state index contributed by atoms with van der Waals surface area (Å²) in [6.07, 6.45) is 7.81. The van der Waals surface area contributed by atoms with Crippen molar-refractivity contribution in [3.05, 3.63) is 35.8 Å². The Morgan fingerprint density at radius 3 is 2.47 bits per heavy atom. The molecule has 0 N–H and O–H groups in total. The molecule has 3 fully saturated rings. The molecule has 5 rings (SSSR count). The van der Waals surface area contributed by atoms with Crippen LogP contribution in [-0.4, -0.2) is 23.8 Å². The van der Waals surface area contributed by atoms with Crippen LogP contribution in [0.25, 0.3) is 0 Å². The van der Waals surface area contributed by atoms with E-state index in [1.165, 1.54) is 6.92 Å². The van der Waals surface area contributed by atoms with Gasteiger partial charge in [0.2, 0.25) is 0 Å². The van der Waals surface area contributed by atoms with Crippen molar-refractivity contribution in [3.8, 4) is 0 Å². The average molecular weight is 469 g/mol. The summed E-state index contributed by atoms with van der Waals surface area (Å²) in [5.41, 5.74) is 0.299. The number of hydrogen-bond donors (Lipinski definition) is 0. The lowest BCUT2D eigenvalue weighted by Crippen LogP contribution is -2.66. The van der Waals surface area contributed by atoms with Gasteiger partial charge in [-0.05, 0) is 54.6 Å². The number of cyclic esters (lactones) is 1. The lowest BCUT2D eigenvalue weighted by atomic mass is 9.37. The van der Waals surface area contributed by atoms with Crippen LogP contribution in [-0.2, 0) is 23.9 Å². The maximum atomic E-state index is 13.0. The van der Waals surface area contributed by atoms with E-state index >= 15 is 0 Å². The Morgan fingerprint density at radius 1 is 1.09 bits per heavy atom. The number of carbonyl (C=O) groups is 3. The second kappa shape index (κ2) is 7.32. The first kappa shape index (κ1) is 23.4. The first-order chi connectivity index (χ1) is 15.8. The Labute approximate surface area is 201 Å². The highest BCUT2D eigenvalue weighted by Crippen LogP contribution is 2.72. The van der Waals surface area contributed by atoms with Gasteiger partial charge < -0.3 is 13.9 Å². The molecule has 0 unspecified atom stereocenters. The van der Waals surface area contributed by atoms with Gasteiger partial charge in [0, 0.05) is 41.2 Å². The minimum absolute atomic E-state index is 0.0997. The molecule has 3 aliphatic carbocycles. The molecule has 0 saturated heterocycles. The van der Waals surface area contributed by atoms with E-state index in [2.05, 4.69) is 34.6 Å². The highest BCUT2D eigenvalue weighted by Gasteiger charge is 2.69. The molecule has 0 aromatic carbocycles. The number of rotatable bonds is 2. The Kier molecular flexibility index (Phi) is 5.03. The van der Waals surface area contributed by atoms with E-state index in [9.17, 15) is 14.4 Å². The van der Waals surface area contributed by atoms with Crippen molar-refractivity contribution in [2.45, 2.75) is 85.9 Å². The van der Waals surface area contributed by atoms with Gasteiger partial charge in [0.05, 0.1) is 12.5 Å². The summed E-state index contributed by atoms with van der Waals surface area (Å²) >= 11 is 0. The normalized spacial score (nSPS) is 43.1. The lowest BCUT2D eigenvalue weighted by molar-refractivity contribution is -0.210. The van der Waals surface area contributed by atoms with E-state index in [0.717, 1.165) is 30.4 Å². The number of ether oxygens (including phenoxy) is 2. The molecule has 1 aliphatic heterocycles. The number of Topliss-reactive ketones (excluding diaryl/α,β-unsaturated/α-hetero) is 1. The summed E-state index contributed by atoms with van der Waals surface area (Å²) in [4.78, 5) is 38.3. The molecule has 0 bridgehead atoms. The van der Waals surface area contributed by atoms with Crippen molar-refractivity contribution < 1.29 is 28.3 Å². The third-order valence-corrected chi connectivity index (χ3v) is 10.3. The SMILES string of the molecule is CC(=O)O[C@H]1C[C@H]2C(C)(C)C(=O)CC[C@]2(C)[C@@H]2CC[C@]3(C)C(=CC(=O)O[C@H]3c3ccoc3)[C@]12C. The molecule has 6 heteroatoms. The van der Waals surface area contributed by atoms with Gasteiger partial charge in [-0.25, -0.2) is 4.79 Å². The summed E-state index contributed by atoms with van der Waals surface area (Å²) in [6.45, 7) is 12.2. The molecule has 184 valence electrons. The Morgan fingerprint density at radius 2 is 1.82 bits per heavy atom. The zero-order valence-electron chi connectivity index (χ0n) is 21.1.